The lowest BCUT2D eigenvalue weighted by Gasteiger charge is -2.38. The number of aromatic nitrogens is 2. The van der Waals surface area contributed by atoms with Crippen LogP contribution in [-0.2, 0) is 6.54 Å². The molecule has 1 aromatic heterocycles. The predicted octanol–water partition coefficient (Wildman–Crippen LogP) is 1.01. The largest absolute Gasteiger partial charge is 0.352 e. The topological polar surface area (TPSA) is 44.3 Å². The molecular weight excluding hydrogens is 250 g/mol. The molecule has 2 saturated heterocycles. The van der Waals surface area contributed by atoms with Crippen molar-refractivity contribution in [2.45, 2.75) is 44.3 Å². The van der Waals surface area contributed by atoms with Gasteiger partial charge in [0.15, 0.2) is 0 Å². The average Bonchev–Trinajstić information content (AvgIpc) is 3.20. The molecule has 20 heavy (non-hydrogen) atoms. The second-order valence-corrected chi connectivity index (χ2v) is 6.30. The maximum atomic E-state index is 4.79. The predicted molar refractivity (Wildman–Crippen MR) is 78.7 cm³/mol. The Kier molecular flexibility index (Phi) is 3.32. The summed E-state index contributed by atoms with van der Waals surface area (Å²) in [6, 6.07) is 1.46. The molecule has 1 unspecified atom stereocenters. The van der Waals surface area contributed by atoms with E-state index >= 15 is 0 Å². The van der Waals surface area contributed by atoms with E-state index in [9.17, 15) is 0 Å². The zero-order chi connectivity index (χ0) is 13.4. The van der Waals surface area contributed by atoms with Gasteiger partial charge in [0.1, 0.15) is 5.82 Å². The second-order valence-electron chi connectivity index (χ2n) is 6.30. The minimum absolute atomic E-state index is 0.725. The quantitative estimate of drug-likeness (QED) is 0.887. The first-order valence-corrected chi connectivity index (χ1v) is 7.92. The van der Waals surface area contributed by atoms with Crippen LogP contribution in [0.2, 0.25) is 0 Å². The van der Waals surface area contributed by atoms with Crippen molar-refractivity contribution < 1.29 is 0 Å². The molecule has 1 aliphatic carbocycles. The zero-order valence-corrected chi connectivity index (χ0v) is 12.0. The number of anilines is 1. The summed E-state index contributed by atoms with van der Waals surface area (Å²) in [5.74, 6) is 1.06. The lowest BCUT2D eigenvalue weighted by Crippen LogP contribution is -2.50. The molecule has 0 spiro atoms. The summed E-state index contributed by atoms with van der Waals surface area (Å²) in [6.07, 6.45) is 9.14. The van der Waals surface area contributed by atoms with Gasteiger partial charge in [-0.25, -0.2) is 4.98 Å². The van der Waals surface area contributed by atoms with Crippen molar-refractivity contribution in [2.24, 2.45) is 0 Å². The van der Waals surface area contributed by atoms with Crippen LogP contribution in [0, 0.1) is 0 Å². The fourth-order valence-electron chi connectivity index (χ4n) is 3.37. The summed E-state index contributed by atoms with van der Waals surface area (Å²) in [6.45, 7) is 5.53. The second kappa shape index (κ2) is 5.30. The molecule has 0 bridgehead atoms. The highest BCUT2D eigenvalue weighted by Crippen LogP contribution is 2.24. The number of hydrogen-bond donors (Lipinski definition) is 1. The number of hydrogen-bond acceptors (Lipinski definition) is 5. The van der Waals surface area contributed by atoms with Crippen LogP contribution in [-0.4, -0.2) is 53.1 Å². The van der Waals surface area contributed by atoms with Gasteiger partial charge in [-0.15, -0.1) is 0 Å². The standard InChI is InChI=1S/C15H23N5/c1-2-14-11-20(7-6-19(14)5-1)15-10-16-8-13(18-15)9-17-12-3-4-12/h8,10,12,14,17H,1-7,9,11H2. The molecule has 0 amide bonds. The van der Waals surface area contributed by atoms with Crippen molar-refractivity contribution in [1.29, 1.82) is 0 Å². The zero-order valence-electron chi connectivity index (χ0n) is 12.0. The van der Waals surface area contributed by atoms with E-state index in [4.69, 9.17) is 4.98 Å². The van der Waals surface area contributed by atoms with E-state index in [1.165, 1.54) is 38.8 Å². The number of piperazine rings is 1. The Bertz CT molecular complexity index is 473. The Morgan fingerprint density at radius 1 is 1.15 bits per heavy atom. The molecular formula is C15H23N5. The van der Waals surface area contributed by atoms with E-state index in [1.54, 1.807) is 0 Å². The van der Waals surface area contributed by atoms with E-state index in [0.29, 0.717) is 0 Å². The van der Waals surface area contributed by atoms with Gasteiger partial charge >= 0.3 is 0 Å². The molecule has 5 nitrogen and oxygen atoms in total. The van der Waals surface area contributed by atoms with Gasteiger partial charge in [0, 0.05) is 44.5 Å². The van der Waals surface area contributed by atoms with Crippen molar-refractivity contribution >= 4 is 5.82 Å². The molecule has 1 aromatic rings. The van der Waals surface area contributed by atoms with Gasteiger partial charge in [0.05, 0.1) is 11.9 Å². The highest BCUT2D eigenvalue weighted by atomic mass is 15.3. The minimum Gasteiger partial charge on any atom is -0.352 e. The highest BCUT2D eigenvalue weighted by molar-refractivity contribution is 5.37. The highest BCUT2D eigenvalue weighted by Gasteiger charge is 2.31. The number of nitrogens with one attached hydrogen (secondary N) is 1. The van der Waals surface area contributed by atoms with E-state index in [1.807, 2.05) is 12.4 Å². The lowest BCUT2D eigenvalue weighted by atomic mass is 10.1. The van der Waals surface area contributed by atoms with Gasteiger partial charge < -0.3 is 10.2 Å². The van der Waals surface area contributed by atoms with E-state index in [0.717, 1.165) is 43.2 Å². The Labute approximate surface area is 120 Å². The summed E-state index contributed by atoms with van der Waals surface area (Å²) in [5, 5.41) is 3.51. The molecule has 3 heterocycles. The lowest BCUT2D eigenvalue weighted by molar-refractivity contribution is 0.230. The normalized spacial score (nSPS) is 26.8. The molecule has 3 aliphatic rings. The SMILES string of the molecule is c1ncc(N2CCN3CCCC3C2)nc1CNC1CC1. The van der Waals surface area contributed by atoms with Gasteiger partial charge in [0.25, 0.3) is 0 Å². The van der Waals surface area contributed by atoms with Gasteiger partial charge in [-0.05, 0) is 32.2 Å². The summed E-state index contributed by atoms with van der Waals surface area (Å²) >= 11 is 0. The van der Waals surface area contributed by atoms with Crippen molar-refractivity contribution in [3.63, 3.8) is 0 Å². The van der Waals surface area contributed by atoms with Gasteiger partial charge in [-0.3, -0.25) is 9.88 Å². The van der Waals surface area contributed by atoms with Crippen LogP contribution in [0.5, 0.6) is 0 Å². The molecule has 108 valence electrons. The Hall–Kier alpha value is -1.20. The molecule has 1 atom stereocenters. The van der Waals surface area contributed by atoms with Crippen LogP contribution >= 0.6 is 0 Å². The first-order chi connectivity index (χ1) is 9.88. The third-order valence-corrected chi connectivity index (χ3v) is 4.73. The number of rotatable bonds is 4. The summed E-state index contributed by atoms with van der Waals surface area (Å²) in [5.41, 5.74) is 1.07. The maximum absolute atomic E-state index is 4.79. The molecule has 5 heteroatoms. The number of fused-ring (bicyclic) bond motifs is 1. The van der Waals surface area contributed by atoms with Crippen LogP contribution in [0.3, 0.4) is 0 Å². The van der Waals surface area contributed by atoms with E-state index in [2.05, 4.69) is 20.1 Å². The Morgan fingerprint density at radius 2 is 2.10 bits per heavy atom. The van der Waals surface area contributed by atoms with Crippen molar-refractivity contribution in [3.05, 3.63) is 18.1 Å². The van der Waals surface area contributed by atoms with Crippen LogP contribution in [0.25, 0.3) is 0 Å². The first-order valence-electron chi connectivity index (χ1n) is 7.92. The molecule has 2 aliphatic heterocycles. The Morgan fingerprint density at radius 3 is 3.00 bits per heavy atom. The van der Waals surface area contributed by atoms with Gasteiger partial charge in [0.2, 0.25) is 0 Å². The van der Waals surface area contributed by atoms with Gasteiger partial charge in [-0.1, -0.05) is 0 Å². The fourth-order valence-corrected chi connectivity index (χ4v) is 3.37. The fraction of sp³-hybridized carbons (Fsp3) is 0.733. The molecule has 3 fully saturated rings. The average molecular weight is 273 g/mol. The monoisotopic (exact) mass is 273 g/mol. The smallest absolute Gasteiger partial charge is 0.147 e. The third-order valence-electron chi connectivity index (χ3n) is 4.73. The summed E-state index contributed by atoms with van der Waals surface area (Å²) in [7, 11) is 0. The molecule has 1 saturated carbocycles. The van der Waals surface area contributed by atoms with Gasteiger partial charge in [-0.2, -0.15) is 0 Å². The van der Waals surface area contributed by atoms with Crippen molar-refractivity contribution in [2.75, 3.05) is 31.1 Å². The first kappa shape index (κ1) is 12.5. The maximum Gasteiger partial charge on any atom is 0.147 e. The Balaban J connectivity index is 1.42. The van der Waals surface area contributed by atoms with E-state index < -0.39 is 0 Å². The van der Waals surface area contributed by atoms with Crippen LogP contribution in [0.15, 0.2) is 12.4 Å². The summed E-state index contributed by atoms with van der Waals surface area (Å²) in [4.78, 5) is 14.2. The van der Waals surface area contributed by atoms with Crippen LogP contribution in [0.4, 0.5) is 5.82 Å². The van der Waals surface area contributed by atoms with Crippen molar-refractivity contribution in [3.8, 4) is 0 Å². The van der Waals surface area contributed by atoms with Crippen molar-refractivity contribution in [1.82, 2.24) is 20.2 Å². The molecule has 4 rings (SSSR count). The van der Waals surface area contributed by atoms with E-state index in [-0.39, 0.29) is 0 Å². The third kappa shape index (κ3) is 2.65. The summed E-state index contributed by atoms with van der Waals surface area (Å²) < 4.78 is 0. The molecule has 0 radical (unpaired) electrons. The van der Waals surface area contributed by atoms with Crippen LogP contribution in [0.1, 0.15) is 31.4 Å². The minimum atomic E-state index is 0.725. The molecule has 0 aromatic carbocycles. The molecule has 1 N–H and O–H groups in total. The number of nitrogens with zero attached hydrogens (tertiary/aromatic N) is 4. The van der Waals surface area contributed by atoms with Crippen LogP contribution < -0.4 is 10.2 Å².